The van der Waals surface area contributed by atoms with E-state index in [-0.39, 0.29) is 6.85 Å². The first-order chi connectivity index (χ1) is 28.3. The van der Waals surface area contributed by atoms with E-state index in [2.05, 4.69) is 222 Å². The van der Waals surface area contributed by atoms with Crippen molar-refractivity contribution in [3.63, 3.8) is 0 Å². The van der Waals surface area contributed by atoms with Crippen molar-refractivity contribution in [3.8, 4) is 61.3 Å². The minimum absolute atomic E-state index is 0.0619. The largest absolute Gasteiger partial charge is 0.376 e. The van der Waals surface area contributed by atoms with Gasteiger partial charge in [0.2, 0.25) is 0 Å². The molecule has 10 aromatic rings. The molecule has 1 aromatic heterocycles. The second-order valence-corrected chi connectivity index (χ2v) is 15.3. The third kappa shape index (κ3) is 4.92. The van der Waals surface area contributed by atoms with Gasteiger partial charge in [-0.15, -0.1) is 0 Å². The quantitative estimate of drug-likeness (QED) is 0.164. The van der Waals surface area contributed by atoms with Crippen LogP contribution in [0.15, 0.2) is 212 Å². The van der Waals surface area contributed by atoms with Gasteiger partial charge in [-0.25, -0.2) is 0 Å². The summed E-state index contributed by atoms with van der Waals surface area (Å²) < 4.78 is 2.47. The van der Waals surface area contributed by atoms with Crippen LogP contribution in [0.25, 0.3) is 83.1 Å². The van der Waals surface area contributed by atoms with E-state index in [4.69, 9.17) is 0 Å². The molecule has 0 unspecified atom stereocenters. The fraction of sp³-hybridized carbons (Fsp3) is 0. The minimum Gasteiger partial charge on any atom is -0.376 e. The average molecular weight is 723 g/mol. The van der Waals surface area contributed by atoms with E-state index in [9.17, 15) is 0 Å². The predicted octanol–water partition coefficient (Wildman–Crippen LogP) is 12.7. The summed E-state index contributed by atoms with van der Waals surface area (Å²) in [6.45, 7) is 0.0619. The number of hydrogen-bond donors (Lipinski definition) is 0. The van der Waals surface area contributed by atoms with Gasteiger partial charge in [0.15, 0.2) is 0 Å². The smallest absolute Gasteiger partial charge is 0.329 e. The molecular weight excluding hydrogens is 687 g/mol. The van der Waals surface area contributed by atoms with Crippen LogP contribution in [0, 0.1) is 0 Å². The Bertz CT molecular complexity index is 3090. The SMILES string of the molecule is c1ccc(-c2ccc3c(c2)-c2ccccc2B2c4ccccc4-c4cc(-n5c6ccc(-c7ccccc7)cc6c6cc(-c7ccccc7)ccc65)ccc4N23)cc1. The Morgan fingerprint density at radius 2 is 0.719 bits per heavy atom. The average Bonchev–Trinajstić information content (AvgIpc) is 3.62. The molecule has 0 saturated heterocycles. The Kier molecular flexibility index (Phi) is 7.06. The molecule has 0 bridgehead atoms. The Morgan fingerprint density at radius 3 is 1.25 bits per heavy atom. The molecule has 2 aliphatic rings. The number of rotatable bonds is 4. The summed E-state index contributed by atoms with van der Waals surface area (Å²) in [6, 6.07) is 78.3. The summed E-state index contributed by atoms with van der Waals surface area (Å²) in [6.07, 6.45) is 0. The van der Waals surface area contributed by atoms with Crippen molar-refractivity contribution >= 4 is 51.0 Å². The topological polar surface area (TPSA) is 8.17 Å². The first-order valence-electron chi connectivity index (χ1n) is 19.8. The highest BCUT2D eigenvalue weighted by Gasteiger charge is 2.42. The molecule has 0 radical (unpaired) electrons. The van der Waals surface area contributed by atoms with Gasteiger partial charge in [0.25, 0.3) is 0 Å². The zero-order valence-electron chi connectivity index (χ0n) is 31.2. The first kappa shape index (κ1) is 31.9. The Labute approximate surface area is 332 Å². The Balaban J connectivity index is 1.08. The van der Waals surface area contributed by atoms with Crippen molar-refractivity contribution in [2.45, 2.75) is 0 Å². The summed E-state index contributed by atoms with van der Waals surface area (Å²) in [5, 5.41) is 2.50. The second kappa shape index (κ2) is 12.6. The van der Waals surface area contributed by atoms with E-state index in [0.717, 1.165) is 5.69 Å². The van der Waals surface area contributed by atoms with Crippen LogP contribution in [0.4, 0.5) is 11.4 Å². The number of nitrogens with zero attached hydrogens (tertiary/aromatic N) is 2. The summed E-state index contributed by atoms with van der Waals surface area (Å²) in [4.78, 5) is 2.60. The van der Waals surface area contributed by atoms with Crippen LogP contribution >= 0.6 is 0 Å². The lowest BCUT2D eigenvalue weighted by Gasteiger charge is -2.43. The fourth-order valence-corrected chi connectivity index (χ4v) is 9.60. The number of benzene rings is 9. The van der Waals surface area contributed by atoms with Gasteiger partial charge in [-0.1, -0.05) is 158 Å². The van der Waals surface area contributed by atoms with Crippen molar-refractivity contribution in [1.29, 1.82) is 0 Å². The molecular formula is C54H35BN2. The van der Waals surface area contributed by atoms with E-state index < -0.39 is 0 Å². The first-order valence-corrected chi connectivity index (χ1v) is 19.8. The molecule has 12 rings (SSSR count). The van der Waals surface area contributed by atoms with Gasteiger partial charge in [0, 0.05) is 39.0 Å². The van der Waals surface area contributed by atoms with Gasteiger partial charge < -0.3 is 9.38 Å². The molecule has 0 amide bonds. The molecule has 0 saturated carbocycles. The second-order valence-electron chi connectivity index (χ2n) is 15.3. The zero-order chi connectivity index (χ0) is 37.5. The zero-order valence-corrected chi connectivity index (χ0v) is 31.2. The molecule has 57 heavy (non-hydrogen) atoms. The van der Waals surface area contributed by atoms with E-state index in [0.29, 0.717) is 0 Å². The van der Waals surface area contributed by atoms with Crippen LogP contribution in [0.5, 0.6) is 0 Å². The normalized spacial score (nSPS) is 12.5. The summed E-state index contributed by atoms with van der Waals surface area (Å²) in [5.41, 5.74) is 21.1. The van der Waals surface area contributed by atoms with Crippen molar-refractivity contribution < 1.29 is 0 Å². The molecule has 0 N–H and O–H groups in total. The van der Waals surface area contributed by atoms with Crippen LogP contribution in [0.2, 0.25) is 0 Å². The molecule has 3 heterocycles. The van der Waals surface area contributed by atoms with E-state index in [1.54, 1.807) is 0 Å². The van der Waals surface area contributed by atoms with Crippen LogP contribution in [-0.4, -0.2) is 11.4 Å². The highest BCUT2D eigenvalue weighted by Crippen LogP contribution is 2.48. The van der Waals surface area contributed by atoms with Crippen molar-refractivity contribution in [2.75, 3.05) is 4.81 Å². The van der Waals surface area contributed by atoms with Crippen molar-refractivity contribution in [1.82, 2.24) is 4.57 Å². The molecule has 3 heteroatoms. The maximum absolute atomic E-state index is 2.60. The lowest BCUT2D eigenvalue weighted by Crippen LogP contribution is -2.59. The highest BCUT2D eigenvalue weighted by molar-refractivity contribution is 6.92. The predicted molar refractivity (Wildman–Crippen MR) is 242 cm³/mol. The van der Waals surface area contributed by atoms with Crippen LogP contribution in [0.1, 0.15) is 0 Å². The van der Waals surface area contributed by atoms with Gasteiger partial charge in [0.1, 0.15) is 0 Å². The third-order valence-corrected chi connectivity index (χ3v) is 12.2. The number of aromatic nitrogens is 1. The molecule has 0 fully saturated rings. The van der Waals surface area contributed by atoms with E-state index in [1.807, 2.05) is 0 Å². The molecule has 0 aliphatic carbocycles. The van der Waals surface area contributed by atoms with Gasteiger partial charge in [-0.05, 0) is 110 Å². The molecule has 0 atom stereocenters. The van der Waals surface area contributed by atoms with E-state index >= 15 is 0 Å². The number of hydrogen-bond acceptors (Lipinski definition) is 1. The monoisotopic (exact) mass is 722 g/mol. The molecule has 0 spiro atoms. The summed E-state index contributed by atoms with van der Waals surface area (Å²) in [7, 11) is 0. The van der Waals surface area contributed by atoms with Crippen molar-refractivity contribution in [3.05, 3.63) is 212 Å². The maximum atomic E-state index is 2.60. The molecule has 9 aromatic carbocycles. The van der Waals surface area contributed by atoms with Crippen LogP contribution in [0.3, 0.4) is 0 Å². The molecule has 2 aliphatic heterocycles. The van der Waals surface area contributed by atoms with Crippen molar-refractivity contribution in [2.24, 2.45) is 0 Å². The lowest BCUT2D eigenvalue weighted by atomic mass is 9.43. The summed E-state index contributed by atoms with van der Waals surface area (Å²) >= 11 is 0. The van der Waals surface area contributed by atoms with Crippen LogP contribution < -0.4 is 15.7 Å². The van der Waals surface area contributed by atoms with Crippen LogP contribution in [-0.2, 0) is 0 Å². The van der Waals surface area contributed by atoms with E-state index in [1.165, 1.54) is 99.7 Å². The number of fused-ring (bicyclic) bond motifs is 14. The summed E-state index contributed by atoms with van der Waals surface area (Å²) in [5.74, 6) is 0. The van der Waals surface area contributed by atoms with Gasteiger partial charge >= 0.3 is 6.85 Å². The fourth-order valence-electron chi connectivity index (χ4n) is 9.60. The molecule has 2 nitrogen and oxygen atoms in total. The van der Waals surface area contributed by atoms with Gasteiger partial charge in [0.05, 0.1) is 11.0 Å². The Morgan fingerprint density at radius 1 is 0.298 bits per heavy atom. The van der Waals surface area contributed by atoms with Gasteiger partial charge in [-0.3, -0.25) is 0 Å². The molecule has 264 valence electrons. The Hall–Kier alpha value is -7.36. The van der Waals surface area contributed by atoms with Gasteiger partial charge in [-0.2, -0.15) is 0 Å². The minimum atomic E-state index is 0.0619. The third-order valence-electron chi connectivity index (χ3n) is 12.2. The lowest BCUT2D eigenvalue weighted by molar-refractivity contribution is 1.18. The number of anilines is 2. The highest BCUT2D eigenvalue weighted by atomic mass is 15.1. The standard InChI is InChI=1S/C54H35BN2/c1-4-14-36(15-5-1)39-24-28-51-46(33-39)47-34-40(37-16-6-2-7-17-37)25-29-52(47)56(51)42-27-31-54-48(35-42)44-21-11-13-23-50(44)55-49-22-12-10-20-43(49)45-32-41(26-30-53(45)57(54)55)38-18-8-3-9-19-38/h1-35H. The maximum Gasteiger partial charge on any atom is 0.329 e.